The Morgan fingerprint density at radius 3 is 1.06 bits per heavy atom. The summed E-state index contributed by atoms with van der Waals surface area (Å²) < 4.78 is 4.83. The molecule has 1 aliphatic carbocycles. The van der Waals surface area contributed by atoms with Crippen LogP contribution in [0.5, 0.6) is 0 Å². The van der Waals surface area contributed by atoms with Crippen molar-refractivity contribution in [1.29, 1.82) is 0 Å². The van der Waals surface area contributed by atoms with Gasteiger partial charge in [-0.05, 0) is 167 Å². The Labute approximate surface area is 506 Å². The second kappa shape index (κ2) is 20.5. The second-order valence-electron chi connectivity index (χ2n) is 23.2. The first kappa shape index (κ1) is 50.2. The summed E-state index contributed by atoms with van der Waals surface area (Å²) in [6.45, 7) is 0. The fraction of sp³-hybridized carbons (Fsp3) is 0.0118. The van der Waals surface area contributed by atoms with E-state index in [1.54, 1.807) is 0 Å². The predicted octanol–water partition coefficient (Wildman–Crippen LogP) is 22.2. The van der Waals surface area contributed by atoms with Crippen molar-refractivity contribution in [1.82, 2.24) is 9.13 Å². The summed E-state index contributed by atoms with van der Waals surface area (Å²) in [6.07, 6.45) is 0. The topological polar surface area (TPSA) is 9.86 Å². The van der Waals surface area contributed by atoms with Crippen molar-refractivity contribution in [2.45, 2.75) is 5.41 Å². The highest BCUT2D eigenvalue weighted by molar-refractivity contribution is 6.13. The molecule has 2 heterocycles. The van der Waals surface area contributed by atoms with Crippen LogP contribution in [0.2, 0.25) is 0 Å². The number of para-hydroxylation sites is 2. The van der Waals surface area contributed by atoms with E-state index < -0.39 is 5.41 Å². The molecule has 0 atom stereocenters. The van der Waals surface area contributed by atoms with Gasteiger partial charge in [-0.2, -0.15) is 0 Å². The molecule has 0 radical (unpaired) electrons. The van der Waals surface area contributed by atoms with Crippen molar-refractivity contribution in [2.24, 2.45) is 0 Å². The molecular formula is C85H56N2. The summed E-state index contributed by atoms with van der Waals surface area (Å²) in [5, 5.41) is 4.96. The lowest BCUT2D eigenvalue weighted by Gasteiger charge is -2.34. The molecule has 14 aromatic carbocycles. The Morgan fingerprint density at radius 1 is 0.184 bits per heavy atom. The molecule has 0 fully saturated rings. The summed E-state index contributed by atoms with van der Waals surface area (Å²) in [5.74, 6) is 0. The summed E-state index contributed by atoms with van der Waals surface area (Å²) >= 11 is 0. The van der Waals surface area contributed by atoms with E-state index in [9.17, 15) is 0 Å². The van der Waals surface area contributed by atoms with E-state index in [2.05, 4.69) is 349 Å². The van der Waals surface area contributed by atoms with Crippen LogP contribution in [0.25, 0.3) is 133 Å². The number of aromatic nitrogens is 2. The molecule has 0 unspecified atom stereocenters. The number of nitrogens with zero attached hydrogens (tertiary/aromatic N) is 2. The number of fused-ring (bicyclic) bond motifs is 9. The monoisotopic (exact) mass is 1100 g/mol. The Morgan fingerprint density at radius 2 is 0.529 bits per heavy atom. The van der Waals surface area contributed by atoms with Gasteiger partial charge in [0, 0.05) is 32.9 Å². The first-order chi connectivity index (χ1) is 43.1. The highest BCUT2D eigenvalue weighted by Crippen LogP contribution is 2.56. The average molecular weight is 1110 g/mol. The van der Waals surface area contributed by atoms with Crippen LogP contribution in [0.15, 0.2) is 340 Å². The number of rotatable bonds is 10. The van der Waals surface area contributed by atoms with E-state index in [4.69, 9.17) is 0 Å². The normalized spacial score (nSPS) is 12.5. The van der Waals surface area contributed by atoms with Crippen LogP contribution in [0.3, 0.4) is 0 Å². The van der Waals surface area contributed by atoms with E-state index in [0.717, 1.165) is 11.4 Å². The molecule has 2 heteroatoms. The Hall–Kier alpha value is -11.3. The van der Waals surface area contributed by atoms with Crippen molar-refractivity contribution in [3.05, 3.63) is 362 Å². The van der Waals surface area contributed by atoms with Crippen molar-refractivity contribution in [2.75, 3.05) is 0 Å². The lowest BCUT2D eigenvalue weighted by Crippen LogP contribution is -2.28. The fourth-order valence-electron chi connectivity index (χ4n) is 14.3. The minimum atomic E-state index is -0.518. The predicted molar refractivity (Wildman–Crippen MR) is 365 cm³/mol. The maximum absolute atomic E-state index is 2.43. The van der Waals surface area contributed by atoms with E-state index in [1.165, 1.54) is 144 Å². The lowest BCUT2D eigenvalue weighted by molar-refractivity contribution is 0.769. The highest BCUT2D eigenvalue weighted by atomic mass is 15.0. The van der Waals surface area contributed by atoms with Crippen LogP contribution in [0, 0.1) is 0 Å². The minimum Gasteiger partial charge on any atom is -0.309 e. The van der Waals surface area contributed by atoms with E-state index in [0.29, 0.717) is 0 Å². The third-order valence-electron chi connectivity index (χ3n) is 18.5. The Bertz CT molecular complexity index is 5230. The molecular weight excluding hydrogens is 1050 g/mol. The molecule has 0 saturated carbocycles. The Balaban J connectivity index is 0.678. The first-order valence-corrected chi connectivity index (χ1v) is 30.1. The van der Waals surface area contributed by atoms with Gasteiger partial charge in [-0.15, -0.1) is 0 Å². The maximum Gasteiger partial charge on any atom is 0.0713 e. The van der Waals surface area contributed by atoms with Gasteiger partial charge in [-0.1, -0.05) is 273 Å². The molecule has 87 heavy (non-hydrogen) atoms. The molecule has 0 amide bonds. The number of hydrogen-bond acceptors (Lipinski definition) is 0. The van der Waals surface area contributed by atoms with Gasteiger partial charge in [0.25, 0.3) is 0 Å². The Kier molecular flexibility index (Phi) is 11.8. The van der Waals surface area contributed by atoms with E-state index >= 15 is 0 Å². The van der Waals surface area contributed by atoms with Gasteiger partial charge in [-0.25, -0.2) is 0 Å². The number of hydrogen-bond donors (Lipinski definition) is 0. The zero-order valence-corrected chi connectivity index (χ0v) is 47.7. The summed E-state index contributed by atoms with van der Waals surface area (Å²) in [6, 6.07) is 126. The van der Waals surface area contributed by atoms with Gasteiger partial charge >= 0.3 is 0 Å². The van der Waals surface area contributed by atoms with Crippen molar-refractivity contribution in [3.63, 3.8) is 0 Å². The molecule has 0 saturated heterocycles. The largest absolute Gasteiger partial charge is 0.309 e. The average Bonchev–Trinajstić information content (AvgIpc) is 1.61. The molecule has 17 rings (SSSR count). The molecule has 0 bridgehead atoms. The molecule has 2 nitrogen and oxygen atoms in total. The van der Waals surface area contributed by atoms with Crippen molar-refractivity contribution >= 4 is 43.6 Å². The third kappa shape index (κ3) is 8.25. The van der Waals surface area contributed by atoms with Crippen LogP contribution in [-0.2, 0) is 5.41 Å². The van der Waals surface area contributed by atoms with Gasteiger partial charge < -0.3 is 9.13 Å². The molecule has 16 aromatic rings. The first-order valence-electron chi connectivity index (χ1n) is 30.1. The van der Waals surface area contributed by atoms with E-state index in [1.807, 2.05) is 0 Å². The molecule has 0 spiro atoms. The molecule has 1 aliphatic rings. The van der Waals surface area contributed by atoms with Gasteiger partial charge in [0.15, 0.2) is 0 Å². The lowest BCUT2D eigenvalue weighted by atomic mass is 9.67. The van der Waals surface area contributed by atoms with Crippen LogP contribution < -0.4 is 0 Å². The third-order valence-corrected chi connectivity index (χ3v) is 18.5. The molecule has 0 N–H and O–H groups in total. The van der Waals surface area contributed by atoms with Gasteiger partial charge in [-0.3, -0.25) is 0 Å². The van der Waals surface area contributed by atoms with Crippen molar-refractivity contribution < 1.29 is 0 Å². The summed E-state index contributed by atoms with van der Waals surface area (Å²) in [5.41, 5.74) is 28.6. The standard InChI is InChI=1S/C85H56N2/c1-3-17-57(18-4-1)59-33-35-60(36-34-59)62-41-47-69(48-42-62)85(79-29-11-7-25-73(79)74-26-8-12-30-80(74)85)70-23-15-21-65(53-70)64-39-37-61(38-40-64)63-43-49-71(50-44-63)86-81-31-13-9-27-75(81)77-55-67(45-51-83(77)86)68-46-52-84-78(56-68)76-28-10-14-32-82(76)87(84)72-24-16-22-66(54-72)58-19-5-2-6-20-58/h1-56H. The molecule has 0 aliphatic heterocycles. The van der Waals surface area contributed by atoms with Gasteiger partial charge in [0.2, 0.25) is 0 Å². The quantitative estimate of drug-likeness (QED) is 0.129. The minimum absolute atomic E-state index is 0.518. The fourth-order valence-corrected chi connectivity index (χ4v) is 14.3. The van der Waals surface area contributed by atoms with Crippen LogP contribution in [0.1, 0.15) is 22.3 Å². The van der Waals surface area contributed by atoms with Gasteiger partial charge in [0.05, 0.1) is 27.5 Å². The summed E-state index contributed by atoms with van der Waals surface area (Å²) in [4.78, 5) is 0. The zero-order valence-electron chi connectivity index (χ0n) is 47.7. The smallest absolute Gasteiger partial charge is 0.0713 e. The van der Waals surface area contributed by atoms with Crippen LogP contribution >= 0.6 is 0 Å². The van der Waals surface area contributed by atoms with Gasteiger partial charge in [0.1, 0.15) is 0 Å². The van der Waals surface area contributed by atoms with Crippen LogP contribution in [-0.4, -0.2) is 9.13 Å². The number of benzene rings is 14. The molecule has 2 aromatic heterocycles. The van der Waals surface area contributed by atoms with Crippen LogP contribution in [0.4, 0.5) is 0 Å². The van der Waals surface area contributed by atoms with E-state index in [-0.39, 0.29) is 0 Å². The zero-order chi connectivity index (χ0) is 57.4. The highest BCUT2D eigenvalue weighted by Gasteiger charge is 2.46. The van der Waals surface area contributed by atoms with Crippen molar-refractivity contribution in [3.8, 4) is 89.3 Å². The SMILES string of the molecule is c1ccc(-c2ccc(-c3ccc(C4(c5cccc(-c6ccc(-c7ccc(-n8c9ccccc9c9cc(-c%10ccc%11c(c%10)c%10ccccc%10n%11-c%10cccc(-c%11ccccc%11)c%10)ccc98)cc7)cc6)c5)c5ccccc5-c5ccccc54)cc3)cc2)cc1. The maximum atomic E-state index is 2.43. The summed E-state index contributed by atoms with van der Waals surface area (Å²) in [7, 11) is 0. The molecule has 406 valence electrons. The second-order valence-corrected chi connectivity index (χ2v) is 23.2.